The maximum absolute atomic E-state index is 10.6. The molecule has 2 N–H and O–H groups in total. The molecule has 3 rings (SSSR count). The minimum absolute atomic E-state index is 0.0000954. The van der Waals surface area contributed by atoms with Crippen molar-refractivity contribution in [3.05, 3.63) is 46.5 Å². The van der Waals surface area contributed by atoms with Gasteiger partial charge in [-0.2, -0.15) is 0 Å². The lowest BCUT2D eigenvalue weighted by atomic mass is 10.0. The van der Waals surface area contributed by atoms with E-state index in [1.807, 2.05) is 0 Å². The number of benzene rings is 2. The number of phenols is 1. The number of nitro benzene ring substituents is 1. The van der Waals surface area contributed by atoms with Crippen molar-refractivity contribution in [2.75, 3.05) is 0 Å². The first-order valence-electron chi connectivity index (χ1n) is 5.44. The Bertz CT molecular complexity index is 764. The summed E-state index contributed by atoms with van der Waals surface area (Å²) in [4.78, 5) is 10.1. The Labute approximate surface area is 106 Å². The number of aromatic nitrogens is 3. The summed E-state index contributed by atoms with van der Waals surface area (Å²) >= 11 is 0. The maximum Gasteiger partial charge on any atom is 0.269 e. The number of hydrogen-bond donors (Lipinski definition) is 2. The summed E-state index contributed by atoms with van der Waals surface area (Å²) in [6.45, 7) is 0. The van der Waals surface area contributed by atoms with Gasteiger partial charge in [0.2, 0.25) is 0 Å². The Morgan fingerprint density at radius 1 is 1.16 bits per heavy atom. The van der Waals surface area contributed by atoms with Crippen LogP contribution >= 0.6 is 0 Å². The van der Waals surface area contributed by atoms with E-state index in [1.54, 1.807) is 24.3 Å². The highest BCUT2D eigenvalue weighted by Gasteiger charge is 2.12. The molecule has 3 aromatic rings. The van der Waals surface area contributed by atoms with Crippen molar-refractivity contribution in [1.82, 2.24) is 15.4 Å². The van der Waals surface area contributed by atoms with Crippen molar-refractivity contribution < 1.29 is 10.0 Å². The highest BCUT2D eigenvalue weighted by atomic mass is 16.6. The van der Waals surface area contributed by atoms with Gasteiger partial charge in [-0.05, 0) is 29.8 Å². The number of nitrogens with one attached hydrogen (secondary N) is 1. The lowest BCUT2D eigenvalue weighted by Gasteiger charge is -2.04. The summed E-state index contributed by atoms with van der Waals surface area (Å²) in [6, 6.07) is 9.40. The summed E-state index contributed by atoms with van der Waals surface area (Å²) in [5.41, 5.74) is 2.23. The Morgan fingerprint density at radius 2 is 1.89 bits per heavy atom. The zero-order chi connectivity index (χ0) is 13.4. The van der Waals surface area contributed by atoms with Gasteiger partial charge in [-0.1, -0.05) is 5.21 Å². The lowest BCUT2D eigenvalue weighted by molar-refractivity contribution is -0.384. The third kappa shape index (κ3) is 1.77. The Balaban J connectivity index is 2.13. The highest BCUT2D eigenvalue weighted by molar-refractivity contribution is 5.89. The maximum atomic E-state index is 10.6. The van der Waals surface area contributed by atoms with Crippen LogP contribution in [-0.4, -0.2) is 25.4 Å². The second-order valence-corrected chi connectivity index (χ2v) is 3.97. The van der Waals surface area contributed by atoms with E-state index >= 15 is 0 Å². The molecular weight excluding hydrogens is 248 g/mol. The molecule has 0 atom stereocenters. The van der Waals surface area contributed by atoms with E-state index in [-0.39, 0.29) is 11.4 Å². The molecule has 0 saturated carbocycles. The van der Waals surface area contributed by atoms with E-state index in [9.17, 15) is 15.2 Å². The van der Waals surface area contributed by atoms with Crippen LogP contribution in [0.1, 0.15) is 0 Å². The van der Waals surface area contributed by atoms with E-state index < -0.39 is 4.92 Å². The van der Waals surface area contributed by atoms with Crippen molar-refractivity contribution >= 4 is 16.7 Å². The number of H-pyrrole nitrogens is 1. The highest BCUT2D eigenvalue weighted by Crippen LogP contribution is 2.34. The topological polar surface area (TPSA) is 105 Å². The summed E-state index contributed by atoms with van der Waals surface area (Å²) in [5, 5.41) is 30.8. The predicted octanol–water partition coefficient (Wildman–Crippen LogP) is 2.24. The molecule has 19 heavy (non-hydrogen) atoms. The first-order chi connectivity index (χ1) is 9.16. The van der Waals surface area contributed by atoms with Crippen LogP contribution in [0, 0.1) is 10.1 Å². The van der Waals surface area contributed by atoms with Crippen LogP contribution in [-0.2, 0) is 0 Å². The molecule has 1 heterocycles. The smallest absolute Gasteiger partial charge is 0.269 e. The zero-order valence-corrected chi connectivity index (χ0v) is 9.57. The number of rotatable bonds is 2. The van der Waals surface area contributed by atoms with E-state index in [4.69, 9.17) is 0 Å². The summed E-state index contributed by atoms with van der Waals surface area (Å²) in [6.07, 6.45) is 0. The van der Waals surface area contributed by atoms with Gasteiger partial charge in [-0.15, -0.1) is 5.10 Å². The molecule has 2 aromatic carbocycles. The van der Waals surface area contributed by atoms with Crippen molar-refractivity contribution in [3.63, 3.8) is 0 Å². The molecule has 7 heteroatoms. The van der Waals surface area contributed by atoms with Gasteiger partial charge < -0.3 is 5.11 Å². The van der Waals surface area contributed by atoms with Gasteiger partial charge in [0.15, 0.2) is 11.3 Å². The van der Waals surface area contributed by atoms with Gasteiger partial charge >= 0.3 is 0 Å². The van der Waals surface area contributed by atoms with E-state index in [0.717, 1.165) is 0 Å². The molecule has 0 radical (unpaired) electrons. The van der Waals surface area contributed by atoms with Gasteiger partial charge in [0.25, 0.3) is 5.69 Å². The standard InChI is InChI=1S/C12H8N4O3/c17-12-9(5-6-10-11(12)14-15-13-10)7-1-3-8(4-2-7)16(18)19/h1-6,17H,(H,13,14,15). The average molecular weight is 256 g/mol. The van der Waals surface area contributed by atoms with Crippen LogP contribution in [0.25, 0.3) is 22.2 Å². The van der Waals surface area contributed by atoms with Crippen molar-refractivity contribution in [2.24, 2.45) is 0 Å². The second-order valence-electron chi connectivity index (χ2n) is 3.97. The Hall–Kier alpha value is -2.96. The third-order valence-electron chi connectivity index (χ3n) is 2.86. The van der Waals surface area contributed by atoms with E-state index in [0.29, 0.717) is 22.2 Å². The van der Waals surface area contributed by atoms with Crippen LogP contribution in [0.2, 0.25) is 0 Å². The molecule has 1 aromatic heterocycles. The van der Waals surface area contributed by atoms with Gasteiger partial charge in [0.1, 0.15) is 0 Å². The largest absolute Gasteiger partial charge is 0.505 e. The molecule has 0 unspecified atom stereocenters. The first-order valence-corrected chi connectivity index (χ1v) is 5.44. The molecule has 0 bridgehead atoms. The number of hydrogen-bond acceptors (Lipinski definition) is 5. The number of aromatic hydroxyl groups is 1. The molecule has 0 aliphatic heterocycles. The Morgan fingerprint density at radius 3 is 2.58 bits per heavy atom. The predicted molar refractivity (Wildman–Crippen MR) is 67.6 cm³/mol. The van der Waals surface area contributed by atoms with Gasteiger partial charge in [-0.3, -0.25) is 15.2 Å². The normalized spacial score (nSPS) is 10.7. The molecular formula is C12H8N4O3. The van der Waals surface area contributed by atoms with Crippen LogP contribution in [0.3, 0.4) is 0 Å². The fourth-order valence-corrected chi connectivity index (χ4v) is 1.90. The minimum atomic E-state index is -0.468. The van der Waals surface area contributed by atoms with Crippen molar-refractivity contribution in [2.45, 2.75) is 0 Å². The average Bonchev–Trinajstić information content (AvgIpc) is 2.88. The summed E-state index contributed by atoms with van der Waals surface area (Å²) in [7, 11) is 0. The molecule has 0 amide bonds. The summed E-state index contributed by atoms with van der Waals surface area (Å²) < 4.78 is 0. The number of nitro groups is 1. The van der Waals surface area contributed by atoms with Gasteiger partial charge in [0.05, 0.1) is 10.4 Å². The fourth-order valence-electron chi connectivity index (χ4n) is 1.90. The molecule has 0 aliphatic carbocycles. The fraction of sp³-hybridized carbons (Fsp3) is 0. The first kappa shape index (κ1) is 11.1. The van der Waals surface area contributed by atoms with Crippen molar-refractivity contribution in [3.8, 4) is 16.9 Å². The Kier molecular flexibility index (Phi) is 2.38. The van der Waals surface area contributed by atoms with Crippen molar-refractivity contribution in [1.29, 1.82) is 0 Å². The van der Waals surface area contributed by atoms with Gasteiger partial charge in [-0.25, -0.2) is 0 Å². The van der Waals surface area contributed by atoms with Crippen LogP contribution in [0.4, 0.5) is 5.69 Å². The quantitative estimate of drug-likeness (QED) is 0.540. The van der Waals surface area contributed by atoms with Crippen LogP contribution in [0.5, 0.6) is 5.75 Å². The van der Waals surface area contributed by atoms with E-state index in [1.165, 1.54) is 12.1 Å². The number of non-ortho nitro benzene ring substituents is 1. The zero-order valence-electron chi connectivity index (χ0n) is 9.57. The molecule has 0 fully saturated rings. The number of nitrogens with zero attached hydrogens (tertiary/aromatic N) is 3. The molecule has 0 spiro atoms. The molecule has 94 valence electrons. The second kappa shape index (κ2) is 4.05. The molecule has 0 aliphatic rings. The monoisotopic (exact) mass is 256 g/mol. The van der Waals surface area contributed by atoms with Crippen LogP contribution in [0.15, 0.2) is 36.4 Å². The number of aromatic amines is 1. The van der Waals surface area contributed by atoms with E-state index in [2.05, 4.69) is 15.4 Å². The minimum Gasteiger partial charge on any atom is -0.505 e. The summed E-state index contributed by atoms with van der Waals surface area (Å²) in [5.74, 6) is 0.0000954. The number of phenolic OH excluding ortho intramolecular Hbond substituents is 1. The van der Waals surface area contributed by atoms with Gasteiger partial charge in [0, 0.05) is 17.7 Å². The SMILES string of the molecule is O=[N+]([O-])c1ccc(-c2ccc3[nH]nnc3c2O)cc1. The van der Waals surface area contributed by atoms with Crippen LogP contribution < -0.4 is 0 Å². The number of fused-ring (bicyclic) bond motifs is 1. The molecule has 0 saturated heterocycles. The third-order valence-corrected chi connectivity index (χ3v) is 2.86. The molecule has 7 nitrogen and oxygen atoms in total. The lowest BCUT2D eigenvalue weighted by Crippen LogP contribution is -1.87.